The predicted octanol–water partition coefficient (Wildman–Crippen LogP) is 15.8. The summed E-state index contributed by atoms with van der Waals surface area (Å²) in [4.78, 5) is 2.34. The molecule has 0 aliphatic heterocycles. The van der Waals surface area contributed by atoms with Crippen LogP contribution in [-0.2, 0) is 0 Å². The molecule has 10 aromatic carbocycles. The quantitative estimate of drug-likeness (QED) is 0.169. The second kappa shape index (κ2) is 13.4. The van der Waals surface area contributed by atoms with Crippen molar-refractivity contribution in [2.45, 2.75) is 0 Å². The molecule has 0 saturated heterocycles. The fourth-order valence-corrected chi connectivity index (χ4v) is 9.31. The fraction of sp³-hybridized carbons (Fsp3) is 0. The second-order valence-electron chi connectivity index (χ2n) is 15.3. The Hall–Kier alpha value is -7.88. The summed E-state index contributed by atoms with van der Waals surface area (Å²) in [5.41, 5.74) is 13.2. The lowest BCUT2D eigenvalue weighted by molar-refractivity contribution is 0.669. The minimum atomic E-state index is 0.863. The van der Waals surface area contributed by atoms with Crippen LogP contribution >= 0.6 is 0 Å². The summed E-state index contributed by atoms with van der Waals surface area (Å²) < 4.78 is 8.88. The lowest BCUT2D eigenvalue weighted by Crippen LogP contribution is -2.10. The van der Waals surface area contributed by atoms with E-state index in [4.69, 9.17) is 4.42 Å². The van der Waals surface area contributed by atoms with E-state index in [0.717, 1.165) is 44.7 Å². The van der Waals surface area contributed by atoms with Crippen molar-refractivity contribution in [3.8, 4) is 27.9 Å². The molecule has 0 radical (unpaired) electrons. The molecule has 276 valence electrons. The SMILES string of the molecule is c1ccc(-c2ccc(N(c3cccc(-n4c5ccccc5c5c6c(-c7cccc8ccccc78)cccc6ccc54)c3)c3ccc4c(c3)oc3ccccc34)cc2)cc1. The standard InChI is InChI=1S/C56H36N2O/c1-2-13-37(14-3-1)38-27-30-41(31-28-38)57(44-32-33-48-47-21-7-9-26-53(47)59-54(48)36-44)42-18-12-19-43(35-42)58-51-25-8-6-22-50(51)56-52(58)34-29-40-17-11-24-49(55(40)56)46-23-10-16-39-15-4-5-20-45(39)46/h1-36H. The molecule has 0 atom stereocenters. The largest absolute Gasteiger partial charge is 0.456 e. The molecular weight excluding hydrogens is 717 g/mol. The second-order valence-corrected chi connectivity index (χ2v) is 15.3. The van der Waals surface area contributed by atoms with Crippen molar-refractivity contribution in [3.63, 3.8) is 0 Å². The van der Waals surface area contributed by atoms with Gasteiger partial charge in [0.1, 0.15) is 11.2 Å². The maximum Gasteiger partial charge on any atom is 0.137 e. The first kappa shape index (κ1) is 33.3. The summed E-state index contributed by atoms with van der Waals surface area (Å²) in [7, 11) is 0. The summed E-state index contributed by atoms with van der Waals surface area (Å²) in [5.74, 6) is 0. The average molecular weight is 753 g/mol. The van der Waals surface area contributed by atoms with Gasteiger partial charge in [-0.2, -0.15) is 0 Å². The van der Waals surface area contributed by atoms with Crippen molar-refractivity contribution in [1.29, 1.82) is 0 Å². The van der Waals surface area contributed by atoms with Crippen LogP contribution in [0.2, 0.25) is 0 Å². The van der Waals surface area contributed by atoms with E-state index in [1.54, 1.807) is 0 Å². The summed E-state index contributed by atoms with van der Waals surface area (Å²) in [6, 6.07) is 78.7. The van der Waals surface area contributed by atoms with E-state index in [-0.39, 0.29) is 0 Å². The van der Waals surface area contributed by atoms with Crippen LogP contribution in [0.15, 0.2) is 223 Å². The van der Waals surface area contributed by atoms with E-state index in [1.165, 1.54) is 65.6 Å². The maximum absolute atomic E-state index is 6.44. The van der Waals surface area contributed by atoms with Gasteiger partial charge in [-0.05, 0) is 104 Å². The number of benzene rings is 10. The van der Waals surface area contributed by atoms with Crippen molar-refractivity contribution in [2.24, 2.45) is 0 Å². The van der Waals surface area contributed by atoms with Crippen LogP contribution in [0.3, 0.4) is 0 Å². The first-order valence-corrected chi connectivity index (χ1v) is 20.2. The van der Waals surface area contributed by atoms with Crippen LogP contribution < -0.4 is 4.90 Å². The molecule has 0 N–H and O–H groups in total. The van der Waals surface area contributed by atoms with Gasteiger partial charge in [0, 0.05) is 50.4 Å². The van der Waals surface area contributed by atoms with E-state index >= 15 is 0 Å². The third kappa shape index (κ3) is 5.36. The molecule has 12 rings (SSSR count). The van der Waals surface area contributed by atoms with E-state index in [2.05, 4.69) is 216 Å². The minimum absolute atomic E-state index is 0.863. The number of para-hydroxylation sites is 2. The van der Waals surface area contributed by atoms with Gasteiger partial charge in [-0.25, -0.2) is 0 Å². The highest BCUT2D eigenvalue weighted by atomic mass is 16.3. The number of nitrogens with zero attached hydrogens (tertiary/aromatic N) is 2. The Balaban J connectivity index is 1.07. The molecule has 0 spiro atoms. The van der Waals surface area contributed by atoms with Gasteiger partial charge in [0.05, 0.1) is 11.0 Å². The molecule has 59 heavy (non-hydrogen) atoms. The number of aromatic nitrogens is 1. The van der Waals surface area contributed by atoms with Gasteiger partial charge in [0.25, 0.3) is 0 Å². The van der Waals surface area contributed by atoms with Gasteiger partial charge in [-0.15, -0.1) is 0 Å². The first-order chi connectivity index (χ1) is 29.3. The smallest absolute Gasteiger partial charge is 0.137 e. The molecule has 12 aromatic rings. The van der Waals surface area contributed by atoms with Crippen LogP contribution in [0.25, 0.3) is 93.2 Å². The van der Waals surface area contributed by atoms with E-state index in [9.17, 15) is 0 Å². The molecule has 0 unspecified atom stereocenters. The van der Waals surface area contributed by atoms with Crippen molar-refractivity contribution < 1.29 is 4.42 Å². The molecule has 2 heterocycles. The highest BCUT2D eigenvalue weighted by Gasteiger charge is 2.20. The Labute approximate surface area is 341 Å². The van der Waals surface area contributed by atoms with E-state index in [0.29, 0.717) is 0 Å². The van der Waals surface area contributed by atoms with Crippen molar-refractivity contribution in [3.05, 3.63) is 218 Å². The zero-order chi connectivity index (χ0) is 38.9. The maximum atomic E-state index is 6.44. The van der Waals surface area contributed by atoms with Gasteiger partial charge in [0.2, 0.25) is 0 Å². The van der Waals surface area contributed by atoms with Gasteiger partial charge < -0.3 is 13.9 Å². The number of anilines is 3. The van der Waals surface area contributed by atoms with Crippen molar-refractivity contribution >= 4 is 82.4 Å². The van der Waals surface area contributed by atoms with Gasteiger partial charge in [-0.1, -0.05) is 152 Å². The highest BCUT2D eigenvalue weighted by molar-refractivity contribution is 6.26. The van der Waals surface area contributed by atoms with Crippen molar-refractivity contribution in [2.75, 3.05) is 4.90 Å². The van der Waals surface area contributed by atoms with Crippen LogP contribution in [0, 0.1) is 0 Å². The molecule has 0 fully saturated rings. The summed E-state index contributed by atoms with van der Waals surface area (Å²) in [5, 5.41) is 9.72. The average Bonchev–Trinajstić information content (AvgIpc) is 3.85. The molecule has 0 bridgehead atoms. The number of fused-ring (bicyclic) bond motifs is 9. The summed E-state index contributed by atoms with van der Waals surface area (Å²) >= 11 is 0. The Morgan fingerprint density at radius 2 is 0.983 bits per heavy atom. The van der Waals surface area contributed by atoms with Crippen molar-refractivity contribution in [1.82, 2.24) is 4.57 Å². The molecule has 0 aliphatic rings. The Bertz CT molecular complexity index is 3550. The van der Waals surface area contributed by atoms with E-state index in [1.807, 2.05) is 12.1 Å². The lowest BCUT2D eigenvalue weighted by Gasteiger charge is -2.26. The van der Waals surface area contributed by atoms with Crippen LogP contribution in [0.1, 0.15) is 0 Å². The molecule has 3 nitrogen and oxygen atoms in total. The minimum Gasteiger partial charge on any atom is -0.456 e. The third-order valence-corrected chi connectivity index (χ3v) is 12.0. The third-order valence-electron chi connectivity index (χ3n) is 12.0. The summed E-state index contributed by atoms with van der Waals surface area (Å²) in [6.07, 6.45) is 0. The summed E-state index contributed by atoms with van der Waals surface area (Å²) in [6.45, 7) is 0. The Kier molecular flexibility index (Phi) is 7.54. The fourth-order valence-electron chi connectivity index (χ4n) is 9.31. The van der Waals surface area contributed by atoms with Crippen LogP contribution in [0.5, 0.6) is 0 Å². The van der Waals surface area contributed by atoms with E-state index < -0.39 is 0 Å². The topological polar surface area (TPSA) is 21.3 Å². The monoisotopic (exact) mass is 752 g/mol. The molecule has 0 aliphatic carbocycles. The zero-order valence-electron chi connectivity index (χ0n) is 32.1. The molecular formula is C56H36N2O. The van der Waals surface area contributed by atoms with Gasteiger partial charge in [0.15, 0.2) is 0 Å². The molecule has 0 saturated carbocycles. The predicted molar refractivity (Wildman–Crippen MR) is 249 cm³/mol. The normalized spacial score (nSPS) is 11.7. The van der Waals surface area contributed by atoms with Gasteiger partial charge >= 0.3 is 0 Å². The number of rotatable bonds is 6. The zero-order valence-corrected chi connectivity index (χ0v) is 32.1. The lowest BCUT2D eigenvalue weighted by atomic mass is 9.92. The highest BCUT2D eigenvalue weighted by Crippen LogP contribution is 2.44. The van der Waals surface area contributed by atoms with Gasteiger partial charge in [-0.3, -0.25) is 0 Å². The number of hydrogen-bond donors (Lipinski definition) is 0. The molecule has 2 aromatic heterocycles. The Morgan fingerprint density at radius 1 is 0.339 bits per heavy atom. The molecule has 0 amide bonds. The van der Waals surface area contributed by atoms with Crippen LogP contribution in [0.4, 0.5) is 17.1 Å². The Morgan fingerprint density at radius 3 is 1.86 bits per heavy atom. The number of hydrogen-bond acceptors (Lipinski definition) is 2. The molecule has 3 heteroatoms. The van der Waals surface area contributed by atoms with Crippen LogP contribution in [-0.4, -0.2) is 4.57 Å². The first-order valence-electron chi connectivity index (χ1n) is 20.2. The number of furan rings is 1.